The molecule has 0 aliphatic carbocycles. The Balaban J connectivity index is 2.62. The normalized spacial score (nSPS) is 11.2. The number of para-hydroxylation sites is 1. The van der Waals surface area contributed by atoms with E-state index in [0.717, 1.165) is 12.1 Å². The molecule has 0 aliphatic heterocycles. The van der Waals surface area contributed by atoms with Crippen molar-refractivity contribution in [2.75, 3.05) is 20.3 Å². The molecule has 5 nitrogen and oxygen atoms in total. The maximum absolute atomic E-state index is 12.0. The number of rotatable bonds is 11. The van der Waals surface area contributed by atoms with Crippen LogP contribution in [0.25, 0.3) is 0 Å². The molecule has 1 amide bonds. The van der Waals surface area contributed by atoms with E-state index in [2.05, 4.69) is 17.6 Å². The SMILES string of the molecule is CCCCCCNCc1cccc(OC)c1OCC(=O)NC(C)(C)C. The number of hydrogen-bond donors (Lipinski definition) is 2. The zero-order valence-corrected chi connectivity index (χ0v) is 16.4. The number of ether oxygens (including phenoxy) is 2. The summed E-state index contributed by atoms with van der Waals surface area (Å²) in [6.07, 6.45) is 4.93. The van der Waals surface area contributed by atoms with Crippen LogP contribution in [0, 0.1) is 0 Å². The van der Waals surface area contributed by atoms with Crippen LogP contribution in [-0.4, -0.2) is 31.7 Å². The van der Waals surface area contributed by atoms with Gasteiger partial charge in [-0.05, 0) is 39.8 Å². The monoisotopic (exact) mass is 350 g/mol. The van der Waals surface area contributed by atoms with Gasteiger partial charge in [0.1, 0.15) is 0 Å². The van der Waals surface area contributed by atoms with Crippen LogP contribution in [0.5, 0.6) is 11.5 Å². The fourth-order valence-electron chi connectivity index (χ4n) is 2.52. The lowest BCUT2D eigenvalue weighted by Gasteiger charge is -2.21. The maximum atomic E-state index is 12.0. The minimum atomic E-state index is -0.274. The quantitative estimate of drug-likeness (QED) is 0.598. The van der Waals surface area contributed by atoms with Gasteiger partial charge in [0.25, 0.3) is 5.91 Å². The Labute approximate surface area is 152 Å². The number of carbonyl (C=O) groups excluding carboxylic acids is 1. The second kappa shape index (κ2) is 11.0. The zero-order valence-electron chi connectivity index (χ0n) is 16.4. The Morgan fingerprint density at radius 2 is 1.92 bits per heavy atom. The van der Waals surface area contributed by atoms with Crippen molar-refractivity contribution < 1.29 is 14.3 Å². The fourth-order valence-corrected chi connectivity index (χ4v) is 2.52. The van der Waals surface area contributed by atoms with Crippen LogP contribution in [0.1, 0.15) is 58.9 Å². The van der Waals surface area contributed by atoms with E-state index < -0.39 is 0 Å². The van der Waals surface area contributed by atoms with Gasteiger partial charge in [-0.1, -0.05) is 38.3 Å². The van der Waals surface area contributed by atoms with Crippen LogP contribution in [0.2, 0.25) is 0 Å². The maximum Gasteiger partial charge on any atom is 0.258 e. The molecule has 0 bridgehead atoms. The highest BCUT2D eigenvalue weighted by atomic mass is 16.5. The van der Waals surface area contributed by atoms with Gasteiger partial charge in [-0.3, -0.25) is 4.79 Å². The van der Waals surface area contributed by atoms with Crippen molar-refractivity contribution in [2.24, 2.45) is 0 Å². The Kier molecular flexibility index (Phi) is 9.35. The summed E-state index contributed by atoms with van der Waals surface area (Å²) in [5.41, 5.74) is 0.725. The van der Waals surface area contributed by atoms with Crippen molar-refractivity contribution in [1.29, 1.82) is 0 Å². The second-order valence-electron chi connectivity index (χ2n) is 7.27. The third-order valence-corrected chi connectivity index (χ3v) is 3.66. The molecule has 1 rings (SSSR count). The molecular formula is C20H34N2O3. The lowest BCUT2D eigenvalue weighted by molar-refractivity contribution is -0.124. The number of nitrogens with one attached hydrogen (secondary N) is 2. The van der Waals surface area contributed by atoms with Crippen molar-refractivity contribution >= 4 is 5.91 Å². The Bertz CT molecular complexity index is 524. The number of benzene rings is 1. The molecule has 0 radical (unpaired) electrons. The van der Waals surface area contributed by atoms with Gasteiger partial charge in [0.2, 0.25) is 0 Å². The highest BCUT2D eigenvalue weighted by Gasteiger charge is 2.16. The van der Waals surface area contributed by atoms with E-state index in [0.29, 0.717) is 18.0 Å². The van der Waals surface area contributed by atoms with Gasteiger partial charge >= 0.3 is 0 Å². The fraction of sp³-hybridized carbons (Fsp3) is 0.650. The number of amides is 1. The van der Waals surface area contributed by atoms with Crippen molar-refractivity contribution in [1.82, 2.24) is 10.6 Å². The van der Waals surface area contributed by atoms with Gasteiger partial charge in [0.05, 0.1) is 7.11 Å². The first kappa shape index (κ1) is 21.3. The predicted molar refractivity (Wildman–Crippen MR) is 102 cm³/mol. The topological polar surface area (TPSA) is 59.6 Å². The minimum absolute atomic E-state index is 0.0266. The number of hydrogen-bond acceptors (Lipinski definition) is 4. The molecular weight excluding hydrogens is 316 g/mol. The summed E-state index contributed by atoms with van der Waals surface area (Å²) >= 11 is 0. The highest BCUT2D eigenvalue weighted by molar-refractivity contribution is 5.78. The molecule has 25 heavy (non-hydrogen) atoms. The van der Waals surface area contributed by atoms with Crippen LogP contribution in [-0.2, 0) is 11.3 Å². The van der Waals surface area contributed by atoms with Crippen molar-refractivity contribution in [3.8, 4) is 11.5 Å². The van der Waals surface area contributed by atoms with Crippen molar-refractivity contribution in [3.05, 3.63) is 23.8 Å². The van der Waals surface area contributed by atoms with E-state index in [1.165, 1.54) is 25.7 Å². The van der Waals surface area contributed by atoms with E-state index in [1.807, 2.05) is 39.0 Å². The number of carbonyl (C=O) groups is 1. The Hall–Kier alpha value is -1.75. The molecule has 0 fully saturated rings. The molecule has 0 aromatic heterocycles. The molecule has 0 saturated carbocycles. The van der Waals surface area contributed by atoms with E-state index >= 15 is 0 Å². The van der Waals surface area contributed by atoms with E-state index in [-0.39, 0.29) is 18.1 Å². The minimum Gasteiger partial charge on any atom is -0.493 e. The Morgan fingerprint density at radius 1 is 1.16 bits per heavy atom. The zero-order chi connectivity index (χ0) is 18.7. The van der Waals surface area contributed by atoms with E-state index in [4.69, 9.17) is 9.47 Å². The number of methoxy groups -OCH3 is 1. The second-order valence-corrected chi connectivity index (χ2v) is 7.27. The Morgan fingerprint density at radius 3 is 2.56 bits per heavy atom. The van der Waals surface area contributed by atoms with Crippen LogP contribution in [0.15, 0.2) is 18.2 Å². The first-order valence-electron chi connectivity index (χ1n) is 9.17. The molecule has 5 heteroatoms. The summed E-state index contributed by atoms with van der Waals surface area (Å²) in [7, 11) is 1.61. The molecule has 1 aromatic carbocycles. The van der Waals surface area contributed by atoms with E-state index in [1.54, 1.807) is 7.11 Å². The van der Waals surface area contributed by atoms with Crippen molar-refractivity contribution in [3.63, 3.8) is 0 Å². The van der Waals surface area contributed by atoms with Gasteiger partial charge in [0.15, 0.2) is 18.1 Å². The van der Waals surface area contributed by atoms with Crippen LogP contribution < -0.4 is 20.1 Å². The molecule has 1 aromatic rings. The summed E-state index contributed by atoms with van der Waals surface area (Å²) in [6.45, 7) is 9.69. The van der Waals surface area contributed by atoms with Gasteiger partial charge in [-0.2, -0.15) is 0 Å². The molecule has 2 N–H and O–H groups in total. The average Bonchev–Trinajstić information content (AvgIpc) is 2.54. The van der Waals surface area contributed by atoms with E-state index in [9.17, 15) is 4.79 Å². The highest BCUT2D eigenvalue weighted by Crippen LogP contribution is 2.31. The summed E-state index contributed by atoms with van der Waals surface area (Å²) in [5, 5.41) is 6.34. The van der Waals surface area contributed by atoms with Gasteiger partial charge in [-0.25, -0.2) is 0 Å². The molecule has 0 unspecified atom stereocenters. The lowest BCUT2D eigenvalue weighted by atomic mass is 10.1. The third kappa shape index (κ3) is 8.77. The summed E-state index contributed by atoms with van der Waals surface area (Å²) in [5.74, 6) is 1.14. The molecule has 0 atom stereocenters. The van der Waals surface area contributed by atoms with Gasteiger partial charge in [-0.15, -0.1) is 0 Å². The van der Waals surface area contributed by atoms with Crippen LogP contribution >= 0.6 is 0 Å². The van der Waals surface area contributed by atoms with Crippen LogP contribution in [0.3, 0.4) is 0 Å². The average molecular weight is 351 g/mol. The smallest absolute Gasteiger partial charge is 0.258 e. The molecule has 0 saturated heterocycles. The summed E-state index contributed by atoms with van der Waals surface area (Å²) < 4.78 is 11.2. The predicted octanol–water partition coefficient (Wildman–Crippen LogP) is 3.66. The molecule has 0 spiro atoms. The first-order chi connectivity index (χ1) is 11.9. The van der Waals surface area contributed by atoms with Crippen molar-refractivity contribution in [2.45, 2.75) is 65.5 Å². The summed E-state index contributed by atoms with van der Waals surface area (Å²) in [4.78, 5) is 12.0. The molecule has 0 aliphatic rings. The van der Waals surface area contributed by atoms with Crippen LogP contribution in [0.4, 0.5) is 0 Å². The third-order valence-electron chi connectivity index (χ3n) is 3.66. The number of unbranched alkanes of at least 4 members (excludes halogenated alkanes) is 3. The van der Waals surface area contributed by atoms with Gasteiger partial charge < -0.3 is 20.1 Å². The standard InChI is InChI=1S/C20H34N2O3/c1-6-7-8-9-13-21-14-16-11-10-12-17(24-5)19(16)25-15-18(23)22-20(2,3)4/h10-12,21H,6-9,13-15H2,1-5H3,(H,22,23). The molecule has 142 valence electrons. The summed E-state index contributed by atoms with van der Waals surface area (Å²) in [6, 6.07) is 5.79. The molecule has 0 heterocycles. The first-order valence-corrected chi connectivity index (χ1v) is 9.17. The lowest BCUT2D eigenvalue weighted by Crippen LogP contribution is -2.43. The van der Waals surface area contributed by atoms with Gasteiger partial charge in [0, 0.05) is 17.6 Å². The largest absolute Gasteiger partial charge is 0.493 e.